The molecule has 2 N–H and O–H groups in total. The average Bonchev–Trinajstić information content (AvgIpc) is 2.38. The molecule has 4 nitrogen and oxygen atoms in total. The highest BCUT2D eigenvalue weighted by Gasteiger charge is 2.03. The van der Waals surface area contributed by atoms with Crippen LogP contribution < -0.4 is 10.6 Å². The van der Waals surface area contributed by atoms with Gasteiger partial charge in [0, 0.05) is 12.6 Å². The first-order valence-corrected chi connectivity index (χ1v) is 7.30. The third-order valence-electron chi connectivity index (χ3n) is 2.92. The van der Waals surface area contributed by atoms with E-state index in [0.29, 0.717) is 6.54 Å². The van der Waals surface area contributed by atoms with Crippen molar-refractivity contribution in [3.8, 4) is 0 Å². The number of hydrogen-bond acceptors (Lipinski definition) is 3. The van der Waals surface area contributed by atoms with E-state index in [9.17, 15) is 4.79 Å². The first-order valence-electron chi connectivity index (χ1n) is 7.30. The second-order valence-corrected chi connectivity index (χ2v) is 5.48. The van der Waals surface area contributed by atoms with E-state index >= 15 is 0 Å². The molecule has 0 unspecified atom stereocenters. The number of rotatable bonds is 9. The van der Waals surface area contributed by atoms with Crippen LogP contribution in [0.5, 0.6) is 0 Å². The highest BCUT2D eigenvalue weighted by atomic mass is 16.1. The van der Waals surface area contributed by atoms with Gasteiger partial charge in [-0.1, -0.05) is 30.3 Å². The lowest BCUT2D eigenvalue weighted by molar-refractivity contribution is -0.120. The van der Waals surface area contributed by atoms with E-state index < -0.39 is 0 Å². The first-order chi connectivity index (χ1) is 9.58. The van der Waals surface area contributed by atoms with Gasteiger partial charge < -0.3 is 15.5 Å². The summed E-state index contributed by atoms with van der Waals surface area (Å²) in [5.41, 5.74) is 1.33. The zero-order valence-electron chi connectivity index (χ0n) is 12.9. The molecule has 0 aliphatic carbocycles. The maximum absolute atomic E-state index is 11.4. The van der Waals surface area contributed by atoms with Gasteiger partial charge in [-0.25, -0.2) is 0 Å². The molecule has 0 fully saturated rings. The van der Waals surface area contributed by atoms with E-state index in [2.05, 4.69) is 46.8 Å². The summed E-state index contributed by atoms with van der Waals surface area (Å²) in [5.74, 6) is 0.0673. The molecule has 0 bridgehead atoms. The van der Waals surface area contributed by atoms with Gasteiger partial charge in [0.15, 0.2) is 0 Å². The first kappa shape index (κ1) is 16.7. The van der Waals surface area contributed by atoms with Gasteiger partial charge in [-0.15, -0.1) is 0 Å². The van der Waals surface area contributed by atoms with Gasteiger partial charge in [-0.3, -0.25) is 4.79 Å². The van der Waals surface area contributed by atoms with Gasteiger partial charge in [-0.05, 0) is 46.0 Å². The summed E-state index contributed by atoms with van der Waals surface area (Å²) in [6.45, 7) is 7.19. The van der Waals surface area contributed by atoms with Crippen LogP contribution in [0.1, 0.15) is 25.8 Å². The molecule has 20 heavy (non-hydrogen) atoms. The summed E-state index contributed by atoms with van der Waals surface area (Å²) < 4.78 is 0. The molecule has 1 aromatic carbocycles. The second kappa shape index (κ2) is 9.50. The Hall–Kier alpha value is -1.39. The van der Waals surface area contributed by atoms with Crippen LogP contribution in [-0.4, -0.2) is 43.5 Å². The van der Waals surface area contributed by atoms with Gasteiger partial charge in [0.25, 0.3) is 0 Å². The molecule has 0 aromatic heterocycles. The minimum absolute atomic E-state index is 0.0673. The summed E-state index contributed by atoms with van der Waals surface area (Å²) in [6.07, 6.45) is 1.04. The lowest BCUT2D eigenvalue weighted by atomic mass is 10.2. The van der Waals surface area contributed by atoms with Crippen molar-refractivity contribution < 1.29 is 4.79 Å². The Bertz CT molecular complexity index is 379. The molecule has 0 heterocycles. The Morgan fingerprint density at radius 2 is 1.95 bits per heavy atom. The largest absolute Gasteiger partial charge is 0.353 e. The van der Waals surface area contributed by atoms with Gasteiger partial charge >= 0.3 is 0 Å². The number of nitrogens with zero attached hydrogens (tertiary/aromatic N) is 1. The van der Waals surface area contributed by atoms with E-state index in [-0.39, 0.29) is 11.9 Å². The Morgan fingerprint density at radius 3 is 2.60 bits per heavy atom. The summed E-state index contributed by atoms with van der Waals surface area (Å²) in [6, 6.07) is 10.7. The lowest BCUT2D eigenvalue weighted by Crippen LogP contribution is -2.38. The minimum Gasteiger partial charge on any atom is -0.353 e. The topological polar surface area (TPSA) is 44.4 Å². The summed E-state index contributed by atoms with van der Waals surface area (Å²) in [5, 5.41) is 6.03. The van der Waals surface area contributed by atoms with Crippen LogP contribution in [0.15, 0.2) is 30.3 Å². The van der Waals surface area contributed by atoms with E-state index in [1.807, 2.05) is 19.9 Å². The third kappa shape index (κ3) is 7.92. The zero-order chi connectivity index (χ0) is 14.8. The summed E-state index contributed by atoms with van der Waals surface area (Å²) in [4.78, 5) is 13.7. The summed E-state index contributed by atoms with van der Waals surface area (Å²) >= 11 is 0. The van der Waals surface area contributed by atoms with Crippen LogP contribution in [0.3, 0.4) is 0 Å². The lowest BCUT2D eigenvalue weighted by Gasteiger charge is -2.16. The van der Waals surface area contributed by atoms with E-state index in [1.165, 1.54) is 5.56 Å². The Morgan fingerprint density at radius 1 is 1.25 bits per heavy atom. The zero-order valence-corrected chi connectivity index (χ0v) is 12.9. The third-order valence-corrected chi connectivity index (χ3v) is 2.92. The van der Waals surface area contributed by atoms with Crippen molar-refractivity contribution >= 4 is 5.91 Å². The van der Waals surface area contributed by atoms with Crippen LogP contribution in [0, 0.1) is 0 Å². The van der Waals surface area contributed by atoms with Crippen molar-refractivity contribution in [1.82, 2.24) is 15.5 Å². The fraction of sp³-hybridized carbons (Fsp3) is 0.562. The van der Waals surface area contributed by atoms with Crippen LogP contribution in [0.4, 0.5) is 0 Å². The SMILES string of the molecule is CC(C)NC(=O)CNCCCN(C)Cc1ccccc1. The van der Waals surface area contributed by atoms with Crippen LogP contribution in [-0.2, 0) is 11.3 Å². The molecule has 112 valence electrons. The smallest absolute Gasteiger partial charge is 0.234 e. The molecule has 0 radical (unpaired) electrons. The number of carbonyl (C=O) groups excluding carboxylic acids is 1. The van der Waals surface area contributed by atoms with Crippen molar-refractivity contribution in [2.45, 2.75) is 32.9 Å². The molecular weight excluding hydrogens is 250 g/mol. The molecule has 1 amide bonds. The molecule has 0 spiro atoms. The van der Waals surface area contributed by atoms with Gasteiger partial charge in [0.05, 0.1) is 6.54 Å². The Balaban J connectivity index is 2.05. The number of hydrogen-bond donors (Lipinski definition) is 2. The van der Waals surface area contributed by atoms with Crippen LogP contribution in [0.2, 0.25) is 0 Å². The minimum atomic E-state index is 0.0673. The fourth-order valence-electron chi connectivity index (χ4n) is 2.02. The van der Waals surface area contributed by atoms with Gasteiger partial charge in [-0.2, -0.15) is 0 Å². The van der Waals surface area contributed by atoms with Crippen molar-refractivity contribution in [1.29, 1.82) is 0 Å². The molecule has 0 atom stereocenters. The molecule has 0 saturated heterocycles. The van der Waals surface area contributed by atoms with Crippen LogP contribution in [0.25, 0.3) is 0 Å². The number of nitrogens with one attached hydrogen (secondary N) is 2. The van der Waals surface area contributed by atoms with Gasteiger partial charge in [0.1, 0.15) is 0 Å². The molecule has 0 aliphatic rings. The molecular formula is C16H27N3O. The van der Waals surface area contributed by atoms with Crippen molar-refractivity contribution in [2.75, 3.05) is 26.7 Å². The average molecular weight is 277 g/mol. The Kier molecular flexibility index (Phi) is 7.92. The van der Waals surface area contributed by atoms with E-state index in [0.717, 1.165) is 26.1 Å². The maximum Gasteiger partial charge on any atom is 0.234 e. The molecule has 1 aromatic rings. The molecule has 0 saturated carbocycles. The van der Waals surface area contributed by atoms with Crippen molar-refractivity contribution in [2.24, 2.45) is 0 Å². The predicted octanol–water partition coefficient (Wildman–Crippen LogP) is 1.62. The van der Waals surface area contributed by atoms with Crippen LogP contribution >= 0.6 is 0 Å². The number of carbonyl (C=O) groups is 1. The van der Waals surface area contributed by atoms with Crippen molar-refractivity contribution in [3.63, 3.8) is 0 Å². The highest BCUT2D eigenvalue weighted by Crippen LogP contribution is 2.02. The van der Waals surface area contributed by atoms with E-state index in [4.69, 9.17) is 0 Å². The fourth-order valence-corrected chi connectivity index (χ4v) is 2.02. The molecule has 0 aliphatic heterocycles. The quantitative estimate of drug-likeness (QED) is 0.674. The van der Waals surface area contributed by atoms with Gasteiger partial charge in [0.2, 0.25) is 5.91 Å². The van der Waals surface area contributed by atoms with E-state index in [1.54, 1.807) is 0 Å². The Labute approximate surface area is 122 Å². The monoisotopic (exact) mass is 277 g/mol. The molecule has 1 rings (SSSR count). The maximum atomic E-state index is 11.4. The number of benzene rings is 1. The second-order valence-electron chi connectivity index (χ2n) is 5.48. The predicted molar refractivity (Wildman–Crippen MR) is 83.5 cm³/mol. The standard InChI is InChI=1S/C16H27N3O/c1-14(2)18-16(20)12-17-10-7-11-19(3)13-15-8-5-4-6-9-15/h4-6,8-9,14,17H,7,10-13H2,1-3H3,(H,18,20). The number of amides is 1. The normalized spacial score (nSPS) is 11.1. The summed E-state index contributed by atoms with van der Waals surface area (Å²) in [7, 11) is 2.12. The van der Waals surface area contributed by atoms with Crippen molar-refractivity contribution in [3.05, 3.63) is 35.9 Å². The molecule has 4 heteroatoms. The highest BCUT2D eigenvalue weighted by molar-refractivity contribution is 5.78.